The summed E-state index contributed by atoms with van der Waals surface area (Å²) >= 11 is 0. The van der Waals surface area contributed by atoms with E-state index in [1.807, 2.05) is 6.92 Å². The van der Waals surface area contributed by atoms with E-state index in [0.717, 1.165) is 18.8 Å². The average molecular weight is 267 g/mol. The van der Waals surface area contributed by atoms with Crippen molar-refractivity contribution in [1.29, 1.82) is 0 Å². The zero-order valence-corrected chi connectivity index (χ0v) is 12.3. The summed E-state index contributed by atoms with van der Waals surface area (Å²) in [6, 6.07) is 2.08. The molecule has 1 aromatic heterocycles. The van der Waals surface area contributed by atoms with Gasteiger partial charge >= 0.3 is 0 Å². The third-order valence-electron chi connectivity index (χ3n) is 2.63. The lowest BCUT2D eigenvalue weighted by atomic mass is 10.2. The van der Waals surface area contributed by atoms with E-state index in [9.17, 15) is 0 Å². The van der Waals surface area contributed by atoms with Crippen LogP contribution in [-0.2, 0) is 11.3 Å². The van der Waals surface area contributed by atoms with E-state index in [4.69, 9.17) is 10.5 Å². The number of anilines is 2. The van der Waals surface area contributed by atoms with Crippen LogP contribution in [0.4, 0.5) is 11.6 Å². The van der Waals surface area contributed by atoms with Crippen LogP contribution in [0.5, 0.6) is 0 Å². The van der Waals surface area contributed by atoms with Gasteiger partial charge in [0.1, 0.15) is 18.2 Å². The third kappa shape index (κ3) is 6.35. The molecule has 0 saturated heterocycles. The number of hydrogen-bond acceptors (Lipinski definition) is 6. The Morgan fingerprint density at radius 2 is 2.16 bits per heavy atom. The molecule has 108 valence electrons. The van der Waals surface area contributed by atoms with E-state index < -0.39 is 0 Å². The number of nitrogens with zero attached hydrogens (tertiary/aromatic N) is 3. The zero-order chi connectivity index (χ0) is 14.3. The van der Waals surface area contributed by atoms with E-state index in [2.05, 4.69) is 41.2 Å². The molecule has 0 aliphatic carbocycles. The molecule has 19 heavy (non-hydrogen) atoms. The summed E-state index contributed by atoms with van der Waals surface area (Å²) in [5.41, 5.74) is 5.77. The molecule has 0 aromatic carbocycles. The molecule has 1 unspecified atom stereocenters. The van der Waals surface area contributed by atoms with Gasteiger partial charge in [0.2, 0.25) is 0 Å². The number of nitrogens with one attached hydrogen (secondary N) is 1. The highest BCUT2D eigenvalue weighted by Gasteiger charge is 2.07. The van der Waals surface area contributed by atoms with Crippen molar-refractivity contribution in [2.75, 3.05) is 38.3 Å². The molecule has 1 heterocycles. The summed E-state index contributed by atoms with van der Waals surface area (Å²) in [5, 5.41) is 3.34. The summed E-state index contributed by atoms with van der Waals surface area (Å²) < 4.78 is 5.30. The molecule has 0 saturated carbocycles. The Kier molecular flexibility index (Phi) is 6.52. The first-order chi connectivity index (χ1) is 9.01. The summed E-state index contributed by atoms with van der Waals surface area (Å²) in [6.07, 6.45) is 1.04. The Hall–Kier alpha value is -1.40. The van der Waals surface area contributed by atoms with Crippen molar-refractivity contribution in [1.82, 2.24) is 14.9 Å². The van der Waals surface area contributed by atoms with Crippen LogP contribution in [0.25, 0.3) is 0 Å². The van der Waals surface area contributed by atoms with Crippen molar-refractivity contribution < 1.29 is 4.74 Å². The van der Waals surface area contributed by atoms with Gasteiger partial charge in [0.05, 0.1) is 0 Å². The standard InChI is InChI=1S/C13H25N5O/c1-5-19-9-13-16-11(14)8-12(17-13)15-10(2)6-7-18(3)4/h8,10H,5-7,9H2,1-4H3,(H3,14,15,16,17). The average Bonchev–Trinajstić information content (AvgIpc) is 2.33. The van der Waals surface area contributed by atoms with Crippen LogP contribution < -0.4 is 11.1 Å². The van der Waals surface area contributed by atoms with Gasteiger partial charge in [-0.05, 0) is 40.9 Å². The van der Waals surface area contributed by atoms with Gasteiger partial charge in [-0.3, -0.25) is 0 Å². The monoisotopic (exact) mass is 267 g/mol. The topological polar surface area (TPSA) is 76.3 Å². The highest BCUT2D eigenvalue weighted by atomic mass is 16.5. The molecule has 0 spiro atoms. The lowest BCUT2D eigenvalue weighted by Gasteiger charge is -2.17. The molecule has 0 aliphatic rings. The Morgan fingerprint density at radius 3 is 2.79 bits per heavy atom. The van der Waals surface area contributed by atoms with Crippen LogP contribution in [0.1, 0.15) is 26.1 Å². The molecule has 0 fully saturated rings. The molecule has 3 N–H and O–H groups in total. The predicted octanol–water partition coefficient (Wildman–Crippen LogP) is 1.35. The molecule has 0 radical (unpaired) electrons. The first-order valence-corrected chi connectivity index (χ1v) is 6.63. The van der Waals surface area contributed by atoms with E-state index in [0.29, 0.717) is 30.9 Å². The zero-order valence-electron chi connectivity index (χ0n) is 12.3. The maximum absolute atomic E-state index is 5.77. The van der Waals surface area contributed by atoms with Gasteiger partial charge in [0.15, 0.2) is 5.82 Å². The summed E-state index contributed by atoms with van der Waals surface area (Å²) in [7, 11) is 4.13. The Labute approximate surface area is 115 Å². The highest BCUT2D eigenvalue weighted by Crippen LogP contribution is 2.11. The fourth-order valence-corrected chi connectivity index (χ4v) is 1.63. The fraction of sp³-hybridized carbons (Fsp3) is 0.692. The molecule has 0 amide bonds. The lowest BCUT2D eigenvalue weighted by molar-refractivity contribution is 0.128. The molecule has 6 nitrogen and oxygen atoms in total. The second kappa shape index (κ2) is 7.91. The maximum atomic E-state index is 5.77. The number of rotatable bonds is 8. The fourth-order valence-electron chi connectivity index (χ4n) is 1.63. The first-order valence-electron chi connectivity index (χ1n) is 6.63. The lowest BCUT2D eigenvalue weighted by Crippen LogP contribution is -2.23. The smallest absolute Gasteiger partial charge is 0.158 e. The highest BCUT2D eigenvalue weighted by molar-refractivity contribution is 5.45. The molecular weight excluding hydrogens is 242 g/mol. The minimum Gasteiger partial charge on any atom is -0.384 e. The first kappa shape index (κ1) is 15.7. The van der Waals surface area contributed by atoms with Gasteiger partial charge in [-0.1, -0.05) is 0 Å². The summed E-state index contributed by atoms with van der Waals surface area (Å²) in [4.78, 5) is 10.7. The molecular formula is C13H25N5O. The second-order valence-electron chi connectivity index (χ2n) is 4.87. The van der Waals surface area contributed by atoms with Crippen molar-refractivity contribution in [2.45, 2.75) is 32.9 Å². The number of ether oxygens (including phenoxy) is 1. The molecule has 1 aromatic rings. The largest absolute Gasteiger partial charge is 0.384 e. The normalized spacial score (nSPS) is 12.7. The molecule has 6 heteroatoms. The van der Waals surface area contributed by atoms with Crippen LogP contribution in [0.15, 0.2) is 6.07 Å². The SMILES string of the molecule is CCOCc1nc(N)cc(NC(C)CCN(C)C)n1. The maximum Gasteiger partial charge on any atom is 0.158 e. The van der Waals surface area contributed by atoms with E-state index in [1.165, 1.54) is 0 Å². The van der Waals surface area contributed by atoms with Crippen LogP contribution in [0, 0.1) is 0 Å². The van der Waals surface area contributed by atoms with Crippen LogP contribution in [0.3, 0.4) is 0 Å². The van der Waals surface area contributed by atoms with Crippen molar-refractivity contribution in [2.24, 2.45) is 0 Å². The van der Waals surface area contributed by atoms with Gasteiger partial charge < -0.3 is 20.7 Å². The Balaban J connectivity index is 2.59. The van der Waals surface area contributed by atoms with Crippen molar-refractivity contribution >= 4 is 11.6 Å². The molecule has 0 bridgehead atoms. The molecule has 1 atom stereocenters. The van der Waals surface area contributed by atoms with Crippen LogP contribution in [0.2, 0.25) is 0 Å². The van der Waals surface area contributed by atoms with E-state index in [1.54, 1.807) is 6.07 Å². The number of aromatic nitrogens is 2. The van der Waals surface area contributed by atoms with Gasteiger partial charge in [0.25, 0.3) is 0 Å². The van der Waals surface area contributed by atoms with E-state index in [-0.39, 0.29) is 0 Å². The summed E-state index contributed by atoms with van der Waals surface area (Å²) in [6.45, 7) is 6.13. The van der Waals surface area contributed by atoms with Gasteiger partial charge in [-0.25, -0.2) is 9.97 Å². The minimum absolute atomic E-state index is 0.330. The minimum atomic E-state index is 0.330. The van der Waals surface area contributed by atoms with Gasteiger partial charge in [-0.2, -0.15) is 0 Å². The van der Waals surface area contributed by atoms with Gasteiger partial charge in [-0.15, -0.1) is 0 Å². The predicted molar refractivity (Wildman–Crippen MR) is 78.0 cm³/mol. The van der Waals surface area contributed by atoms with Crippen LogP contribution in [-0.4, -0.2) is 48.2 Å². The summed E-state index contributed by atoms with van der Waals surface area (Å²) in [5.74, 6) is 1.84. The van der Waals surface area contributed by atoms with E-state index >= 15 is 0 Å². The van der Waals surface area contributed by atoms with Crippen LogP contribution >= 0.6 is 0 Å². The van der Waals surface area contributed by atoms with Gasteiger partial charge in [0, 0.05) is 18.7 Å². The molecule has 0 aliphatic heterocycles. The Bertz CT molecular complexity index is 383. The number of nitrogens with two attached hydrogens (primary N) is 1. The van der Waals surface area contributed by atoms with Crippen molar-refractivity contribution in [3.8, 4) is 0 Å². The number of nitrogen functional groups attached to an aromatic ring is 1. The third-order valence-corrected chi connectivity index (χ3v) is 2.63. The number of hydrogen-bond donors (Lipinski definition) is 2. The Morgan fingerprint density at radius 1 is 1.42 bits per heavy atom. The van der Waals surface area contributed by atoms with Crippen molar-refractivity contribution in [3.63, 3.8) is 0 Å². The molecule has 1 rings (SSSR count). The van der Waals surface area contributed by atoms with Crippen molar-refractivity contribution in [3.05, 3.63) is 11.9 Å². The second-order valence-corrected chi connectivity index (χ2v) is 4.87. The quantitative estimate of drug-likeness (QED) is 0.740.